The van der Waals surface area contributed by atoms with Gasteiger partial charge in [-0.15, -0.1) is 0 Å². The summed E-state index contributed by atoms with van der Waals surface area (Å²) in [6, 6.07) is 5.90. The van der Waals surface area contributed by atoms with Gasteiger partial charge >= 0.3 is 0 Å². The summed E-state index contributed by atoms with van der Waals surface area (Å²) < 4.78 is 17.2. The van der Waals surface area contributed by atoms with Crippen molar-refractivity contribution >= 4 is 10.8 Å². The molecular formula is C11H15NO2S. The SMILES string of the molecule is CNC1c2cc(OC)ccc2S(=O)C1C. The molecule has 15 heavy (non-hydrogen) atoms. The maximum absolute atomic E-state index is 12.0. The van der Waals surface area contributed by atoms with Crippen LogP contribution in [-0.4, -0.2) is 23.6 Å². The second-order valence-electron chi connectivity index (χ2n) is 3.67. The number of rotatable bonds is 2. The number of ether oxygens (including phenoxy) is 1. The van der Waals surface area contributed by atoms with Crippen LogP contribution in [0.15, 0.2) is 23.1 Å². The molecule has 82 valence electrons. The predicted molar refractivity (Wildman–Crippen MR) is 60.7 cm³/mol. The molecule has 1 aromatic rings. The minimum Gasteiger partial charge on any atom is -0.497 e. The first-order valence-corrected chi connectivity index (χ1v) is 6.16. The summed E-state index contributed by atoms with van der Waals surface area (Å²) in [4.78, 5) is 0.933. The molecule has 1 aliphatic heterocycles. The lowest BCUT2D eigenvalue weighted by Crippen LogP contribution is -2.24. The zero-order chi connectivity index (χ0) is 11.0. The van der Waals surface area contributed by atoms with E-state index in [0.717, 1.165) is 16.2 Å². The lowest BCUT2D eigenvalue weighted by atomic mass is 10.0. The average Bonchev–Trinajstić information content (AvgIpc) is 2.51. The van der Waals surface area contributed by atoms with Gasteiger partial charge in [-0.05, 0) is 37.7 Å². The minimum atomic E-state index is -0.901. The average molecular weight is 225 g/mol. The number of hydrogen-bond donors (Lipinski definition) is 1. The van der Waals surface area contributed by atoms with Gasteiger partial charge in [-0.3, -0.25) is 4.21 Å². The molecule has 0 fully saturated rings. The van der Waals surface area contributed by atoms with Gasteiger partial charge in [-0.1, -0.05) is 0 Å². The maximum atomic E-state index is 12.0. The summed E-state index contributed by atoms with van der Waals surface area (Å²) in [5.41, 5.74) is 1.10. The summed E-state index contributed by atoms with van der Waals surface area (Å²) in [7, 11) is 2.64. The summed E-state index contributed by atoms with van der Waals surface area (Å²) in [6.45, 7) is 2.00. The lowest BCUT2D eigenvalue weighted by Gasteiger charge is -2.14. The van der Waals surface area contributed by atoms with Crippen LogP contribution in [0.5, 0.6) is 5.75 Å². The molecule has 0 amide bonds. The molecule has 0 saturated carbocycles. The predicted octanol–water partition coefficient (Wildman–Crippen LogP) is 1.47. The first-order chi connectivity index (χ1) is 7.19. The Morgan fingerprint density at radius 3 is 2.80 bits per heavy atom. The van der Waals surface area contributed by atoms with Gasteiger partial charge in [-0.25, -0.2) is 0 Å². The second-order valence-corrected chi connectivity index (χ2v) is 5.45. The molecule has 0 radical (unpaired) electrons. The summed E-state index contributed by atoms with van der Waals surface area (Å²) in [6.07, 6.45) is 0. The zero-order valence-corrected chi connectivity index (χ0v) is 9.93. The van der Waals surface area contributed by atoms with E-state index >= 15 is 0 Å². The van der Waals surface area contributed by atoms with Crippen molar-refractivity contribution in [1.82, 2.24) is 5.32 Å². The van der Waals surface area contributed by atoms with Crippen molar-refractivity contribution in [3.63, 3.8) is 0 Å². The highest BCUT2D eigenvalue weighted by Crippen LogP contribution is 2.37. The molecule has 0 aliphatic carbocycles. The molecule has 1 aromatic carbocycles. The number of benzene rings is 1. The molecule has 3 nitrogen and oxygen atoms in total. The molecule has 0 saturated heterocycles. The van der Waals surface area contributed by atoms with Crippen molar-refractivity contribution in [3.8, 4) is 5.75 Å². The van der Waals surface area contributed by atoms with Gasteiger partial charge in [-0.2, -0.15) is 0 Å². The van der Waals surface area contributed by atoms with E-state index in [9.17, 15) is 4.21 Å². The zero-order valence-electron chi connectivity index (χ0n) is 9.11. The van der Waals surface area contributed by atoms with Crippen LogP contribution < -0.4 is 10.1 Å². The van der Waals surface area contributed by atoms with Gasteiger partial charge in [0.15, 0.2) is 0 Å². The smallest absolute Gasteiger partial charge is 0.119 e. The number of methoxy groups -OCH3 is 1. The molecule has 2 rings (SSSR count). The van der Waals surface area contributed by atoms with E-state index in [1.165, 1.54) is 0 Å². The third kappa shape index (κ3) is 1.58. The Morgan fingerprint density at radius 1 is 1.47 bits per heavy atom. The van der Waals surface area contributed by atoms with E-state index in [-0.39, 0.29) is 11.3 Å². The van der Waals surface area contributed by atoms with Crippen molar-refractivity contribution in [2.24, 2.45) is 0 Å². The van der Waals surface area contributed by atoms with E-state index in [1.807, 2.05) is 32.2 Å². The van der Waals surface area contributed by atoms with Crippen molar-refractivity contribution in [1.29, 1.82) is 0 Å². The number of fused-ring (bicyclic) bond motifs is 1. The normalized spacial score (nSPS) is 28.9. The highest BCUT2D eigenvalue weighted by molar-refractivity contribution is 7.86. The fraction of sp³-hybridized carbons (Fsp3) is 0.455. The monoisotopic (exact) mass is 225 g/mol. The summed E-state index contributed by atoms with van der Waals surface area (Å²) in [5.74, 6) is 0.820. The number of hydrogen-bond acceptors (Lipinski definition) is 3. The number of nitrogens with one attached hydrogen (secondary N) is 1. The van der Waals surface area contributed by atoms with Gasteiger partial charge in [0.2, 0.25) is 0 Å². The quantitative estimate of drug-likeness (QED) is 0.828. The molecule has 1 N–H and O–H groups in total. The maximum Gasteiger partial charge on any atom is 0.119 e. The van der Waals surface area contributed by atoms with Crippen LogP contribution in [0.1, 0.15) is 18.5 Å². The van der Waals surface area contributed by atoms with Crippen LogP contribution in [-0.2, 0) is 10.8 Å². The Bertz CT molecular complexity index is 406. The van der Waals surface area contributed by atoms with E-state index in [2.05, 4.69) is 5.32 Å². The van der Waals surface area contributed by atoms with Gasteiger partial charge in [0, 0.05) is 10.9 Å². The van der Waals surface area contributed by atoms with E-state index in [4.69, 9.17) is 4.74 Å². The van der Waals surface area contributed by atoms with Gasteiger partial charge in [0.25, 0.3) is 0 Å². The summed E-state index contributed by atoms with van der Waals surface area (Å²) in [5, 5.41) is 3.33. The van der Waals surface area contributed by atoms with E-state index < -0.39 is 10.8 Å². The molecule has 4 heteroatoms. The topological polar surface area (TPSA) is 38.3 Å². The highest BCUT2D eigenvalue weighted by Gasteiger charge is 2.34. The molecule has 1 aliphatic rings. The first kappa shape index (κ1) is 10.6. The Morgan fingerprint density at radius 2 is 2.20 bits per heavy atom. The summed E-state index contributed by atoms with van der Waals surface area (Å²) >= 11 is 0. The van der Waals surface area contributed by atoms with Crippen molar-refractivity contribution in [2.45, 2.75) is 23.1 Å². The Kier molecular flexibility index (Phi) is 2.80. The molecule has 1 heterocycles. The van der Waals surface area contributed by atoms with Crippen LogP contribution in [0.4, 0.5) is 0 Å². The Labute approximate surface area is 92.3 Å². The fourth-order valence-electron chi connectivity index (χ4n) is 2.05. The standard InChI is InChI=1S/C11H15NO2S/c1-7-11(12-2)9-6-8(14-3)4-5-10(9)15(7)13/h4-7,11-12H,1-3H3. The molecule has 3 unspecified atom stereocenters. The lowest BCUT2D eigenvalue weighted by molar-refractivity contribution is 0.413. The van der Waals surface area contributed by atoms with Crippen LogP contribution in [0.2, 0.25) is 0 Å². The third-order valence-corrected chi connectivity index (χ3v) is 4.64. The van der Waals surface area contributed by atoms with Gasteiger partial charge in [0.1, 0.15) is 5.75 Å². The molecule has 0 bridgehead atoms. The molecular weight excluding hydrogens is 210 g/mol. The second kappa shape index (κ2) is 3.94. The third-order valence-electron chi connectivity index (χ3n) is 2.89. The Balaban J connectivity index is 2.51. The van der Waals surface area contributed by atoms with E-state index in [0.29, 0.717) is 0 Å². The first-order valence-electron chi connectivity index (χ1n) is 4.94. The van der Waals surface area contributed by atoms with Crippen LogP contribution in [0.3, 0.4) is 0 Å². The minimum absolute atomic E-state index is 0.122. The highest BCUT2D eigenvalue weighted by atomic mass is 32.2. The molecule has 3 atom stereocenters. The largest absolute Gasteiger partial charge is 0.497 e. The van der Waals surface area contributed by atoms with Crippen LogP contribution in [0.25, 0.3) is 0 Å². The Hall–Kier alpha value is -0.870. The molecule has 0 aromatic heterocycles. The van der Waals surface area contributed by atoms with Crippen molar-refractivity contribution < 1.29 is 8.95 Å². The van der Waals surface area contributed by atoms with Crippen molar-refractivity contribution in [3.05, 3.63) is 23.8 Å². The van der Waals surface area contributed by atoms with Crippen LogP contribution >= 0.6 is 0 Å². The van der Waals surface area contributed by atoms with Gasteiger partial charge in [0.05, 0.1) is 23.2 Å². The van der Waals surface area contributed by atoms with Crippen LogP contribution in [0, 0.1) is 0 Å². The van der Waals surface area contributed by atoms with Crippen molar-refractivity contribution in [2.75, 3.05) is 14.2 Å². The molecule has 0 spiro atoms. The van der Waals surface area contributed by atoms with E-state index in [1.54, 1.807) is 7.11 Å². The van der Waals surface area contributed by atoms with Gasteiger partial charge < -0.3 is 10.1 Å². The fourth-order valence-corrected chi connectivity index (χ4v) is 3.60.